The summed E-state index contributed by atoms with van der Waals surface area (Å²) in [5.41, 5.74) is 15.5. The zero-order chi connectivity index (χ0) is 36.2. The van der Waals surface area contributed by atoms with Gasteiger partial charge in [-0.1, -0.05) is 118 Å². The van der Waals surface area contributed by atoms with Gasteiger partial charge in [0, 0.05) is 38.6 Å². The van der Waals surface area contributed by atoms with Crippen molar-refractivity contribution in [3.05, 3.63) is 143 Å². The van der Waals surface area contributed by atoms with E-state index in [0.29, 0.717) is 11.4 Å². The first kappa shape index (κ1) is 37.0. The molecule has 0 aliphatic rings. The van der Waals surface area contributed by atoms with Crippen molar-refractivity contribution in [2.75, 3.05) is 0 Å². The van der Waals surface area contributed by atoms with E-state index in [9.17, 15) is 5.11 Å². The molecule has 0 fully saturated rings. The molecule has 7 aromatic rings. The minimum absolute atomic E-state index is 0. The smallest absolute Gasteiger partial charge is 0.148 e. The molecule has 2 heterocycles. The van der Waals surface area contributed by atoms with E-state index in [1.165, 1.54) is 33.4 Å². The maximum atomic E-state index is 11.1. The molecule has 0 radical (unpaired) electrons. The topological polar surface area (TPSA) is 50.9 Å². The van der Waals surface area contributed by atoms with Crippen LogP contribution in [0.4, 0.5) is 0 Å². The molecule has 4 nitrogen and oxygen atoms in total. The second-order valence-corrected chi connectivity index (χ2v) is 15.9. The van der Waals surface area contributed by atoms with Crippen LogP contribution in [0.25, 0.3) is 61.6 Å². The molecule has 0 amide bonds. The Morgan fingerprint density at radius 2 is 1.29 bits per heavy atom. The molecule has 0 unspecified atom stereocenters. The van der Waals surface area contributed by atoms with Crippen molar-refractivity contribution < 1.29 is 26.2 Å². The molecule has 1 N–H and O–H groups in total. The fourth-order valence-electron chi connectivity index (χ4n) is 7.17. The van der Waals surface area contributed by atoms with Gasteiger partial charge in [0.05, 0.1) is 16.6 Å². The van der Waals surface area contributed by atoms with E-state index < -0.39 is 0 Å². The molecule has 0 bridgehead atoms. The first-order valence-corrected chi connectivity index (χ1v) is 17.7. The molecule has 2 aromatic heterocycles. The summed E-state index contributed by atoms with van der Waals surface area (Å²) in [6, 6.07) is 39.5. The van der Waals surface area contributed by atoms with E-state index in [2.05, 4.69) is 134 Å². The normalized spacial score (nSPS) is 11.9. The Bertz CT molecular complexity index is 2400. The van der Waals surface area contributed by atoms with Gasteiger partial charge >= 0.3 is 0 Å². The van der Waals surface area contributed by atoms with Gasteiger partial charge in [-0.15, -0.1) is 23.8 Å². The first-order chi connectivity index (χ1) is 24.2. The number of hydrogen-bond acceptors (Lipinski definition) is 3. The number of rotatable bonds is 5. The van der Waals surface area contributed by atoms with E-state index >= 15 is 0 Å². The third-order valence-electron chi connectivity index (χ3n) is 9.81. The van der Waals surface area contributed by atoms with Crippen LogP contribution in [0.5, 0.6) is 5.75 Å². The van der Waals surface area contributed by atoms with Crippen molar-refractivity contribution in [3.63, 3.8) is 0 Å². The second kappa shape index (κ2) is 14.0. The van der Waals surface area contributed by atoms with Crippen molar-refractivity contribution in [3.8, 4) is 56.3 Å². The number of imidazole rings is 1. The standard InChI is InChI=1S/C47H46N3O.Pt/c1-29-21-30(2)43(31(3)22-29)34-24-32(23-33(25-34)40-27-35(19-20-48-40)46(4,5)6)39-26-36(47(7,8)9)28-41-44(39)49-45(38-17-13-14-18-42(38)51)50(41)37-15-11-10-12-16-37;/h10-22,24-28,51H,1-9H3;/q-1;. The van der Waals surface area contributed by atoms with Crippen LogP contribution in [0.1, 0.15) is 69.4 Å². The Kier molecular flexibility index (Phi) is 9.94. The quantitative estimate of drug-likeness (QED) is 0.175. The molecule has 7 rings (SSSR count). The van der Waals surface area contributed by atoms with Gasteiger partial charge in [0.1, 0.15) is 11.6 Å². The summed E-state index contributed by atoms with van der Waals surface area (Å²) >= 11 is 0. The van der Waals surface area contributed by atoms with Gasteiger partial charge in [-0.05, 0) is 95.8 Å². The molecule has 266 valence electrons. The maximum absolute atomic E-state index is 11.1. The van der Waals surface area contributed by atoms with Gasteiger partial charge in [0.25, 0.3) is 0 Å². The monoisotopic (exact) mass is 863 g/mol. The van der Waals surface area contributed by atoms with Gasteiger partial charge in [0.2, 0.25) is 0 Å². The number of benzene rings is 5. The summed E-state index contributed by atoms with van der Waals surface area (Å²) in [5.74, 6) is 0.872. The average molecular weight is 864 g/mol. The number of fused-ring (bicyclic) bond motifs is 1. The van der Waals surface area contributed by atoms with Crippen LogP contribution in [0.15, 0.2) is 109 Å². The van der Waals surface area contributed by atoms with Gasteiger partial charge in [-0.25, -0.2) is 4.98 Å². The molecule has 0 atom stereocenters. The minimum atomic E-state index is -0.156. The average Bonchev–Trinajstić information content (AvgIpc) is 3.46. The Labute approximate surface area is 322 Å². The molecule has 0 saturated carbocycles. The number of phenols is 1. The summed E-state index contributed by atoms with van der Waals surface area (Å²) < 4.78 is 2.18. The predicted octanol–water partition coefficient (Wildman–Crippen LogP) is 12.1. The molecule has 5 heteroatoms. The van der Waals surface area contributed by atoms with Crippen LogP contribution < -0.4 is 0 Å². The molecular formula is C47H46N3OPt-. The Balaban J connectivity index is 0.00000464. The van der Waals surface area contributed by atoms with Crippen molar-refractivity contribution in [1.82, 2.24) is 14.5 Å². The molecule has 0 aliphatic carbocycles. The van der Waals surface area contributed by atoms with Crippen LogP contribution in [-0.4, -0.2) is 19.6 Å². The van der Waals surface area contributed by atoms with E-state index in [-0.39, 0.29) is 37.6 Å². The van der Waals surface area contributed by atoms with Gasteiger partial charge in [-0.2, -0.15) is 0 Å². The number of aromatic nitrogens is 3. The van der Waals surface area contributed by atoms with Crippen molar-refractivity contribution in [2.24, 2.45) is 0 Å². The minimum Gasteiger partial charge on any atom is -0.507 e. The number of para-hydroxylation sites is 2. The second-order valence-electron chi connectivity index (χ2n) is 15.9. The van der Waals surface area contributed by atoms with Gasteiger partial charge in [-0.3, -0.25) is 9.55 Å². The largest absolute Gasteiger partial charge is 0.507 e. The molecule has 52 heavy (non-hydrogen) atoms. The number of hydrogen-bond donors (Lipinski definition) is 1. The van der Waals surface area contributed by atoms with Gasteiger partial charge < -0.3 is 5.11 Å². The van der Waals surface area contributed by atoms with Crippen LogP contribution in [-0.2, 0) is 31.9 Å². The Morgan fingerprint density at radius 3 is 1.94 bits per heavy atom. The zero-order valence-corrected chi connectivity index (χ0v) is 33.8. The van der Waals surface area contributed by atoms with Crippen LogP contribution >= 0.6 is 0 Å². The summed E-state index contributed by atoms with van der Waals surface area (Å²) in [5, 5.41) is 11.1. The molecule has 5 aromatic carbocycles. The Morgan fingerprint density at radius 1 is 0.654 bits per heavy atom. The first-order valence-electron chi connectivity index (χ1n) is 17.7. The van der Waals surface area contributed by atoms with Crippen molar-refractivity contribution >= 4 is 11.0 Å². The fraction of sp³-hybridized carbons (Fsp3) is 0.234. The van der Waals surface area contributed by atoms with Crippen LogP contribution in [0.3, 0.4) is 0 Å². The van der Waals surface area contributed by atoms with Crippen LogP contribution in [0.2, 0.25) is 0 Å². The zero-order valence-electron chi connectivity index (χ0n) is 31.5. The number of pyridine rings is 1. The number of aryl methyl sites for hydroxylation is 3. The molecular weight excluding hydrogens is 818 g/mol. The van der Waals surface area contributed by atoms with E-state index in [1.807, 2.05) is 42.6 Å². The van der Waals surface area contributed by atoms with Crippen LogP contribution in [0, 0.1) is 26.8 Å². The number of nitrogens with zero attached hydrogens (tertiary/aromatic N) is 3. The molecule has 0 saturated heterocycles. The molecule has 0 aliphatic heterocycles. The Hall–Kier alpha value is -4.79. The third-order valence-corrected chi connectivity index (χ3v) is 9.81. The summed E-state index contributed by atoms with van der Waals surface area (Å²) in [6.45, 7) is 20.0. The summed E-state index contributed by atoms with van der Waals surface area (Å²) in [7, 11) is 0. The number of aromatic hydroxyl groups is 1. The summed E-state index contributed by atoms with van der Waals surface area (Å²) in [4.78, 5) is 10.3. The predicted molar refractivity (Wildman–Crippen MR) is 213 cm³/mol. The van der Waals surface area contributed by atoms with E-state index in [4.69, 9.17) is 9.97 Å². The maximum Gasteiger partial charge on any atom is 0.148 e. The van der Waals surface area contributed by atoms with Gasteiger partial charge in [0.15, 0.2) is 0 Å². The third kappa shape index (κ3) is 7.02. The van der Waals surface area contributed by atoms with Crippen molar-refractivity contribution in [1.29, 1.82) is 0 Å². The summed E-state index contributed by atoms with van der Waals surface area (Å²) in [6.07, 6.45) is 1.91. The fourth-order valence-corrected chi connectivity index (χ4v) is 7.17. The van der Waals surface area contributed by atoms with Crippen molar-refractivity contribution in [2.45, 2.75) is 73.1 Å². The number of phenolic OH excluding ortho intramolecular Hbond substituents is 1. The van der Waals surface area contributed by atoms with E-state index in [1.54, 1.807) is 6.07 Å². The molecule has 0 spiro atoms. The SMILES string of the molecule is Cc1cc(C)c(-c2cc(-c3cc(C(C)(C)C)ccn3)[c-]c(-c3cc(C(C)(C)C)cc4c3nc(-c3ccccc3O)n4-c3ccccc3)c2)c(C)c1.[Pt]. The van der Waals surface area contributed by atoms with E-state index in [0.717, 1.165) is 44.7 Å².